The van der Waals surface area contributed by atoms with Gasteiger partial charge in [0.1, 0.15) is 0 Å². The number of hydrogen-bond acceptors (Lipinski definition) is 6. The van der Waals surface area contributed by atoms with Crippen LogP contribution in [0.3, 0.4) is 0 Å². The fourth-order valence-corrected chi connectivity index (χ4v) is 3.14. The summed E-state index contributed by atoms with van der Waals surface area (Å²) in [7, 11) is 0. The van der Waals surface area contributed by atoms with E-state index in [1.54, 1.807) is 11.3 Å². The van der Waals surface area contributed by atoms with E-state index in [0.717, 1.165) is 24.3 Å². The maximum atomic E-state index is 5.32. The average molecular weight is 345 g/mol. The van der Waals surface area contributed by atoms with Gasteiger partial charge in [0.05, 0.1) is 17.1 Å². The second-order valence-corrected chi connectivity index (χ2v) is 7.02. The molecule has 0 fully saturated rings. The lowest BCUT2D eigenvalue weighted by atomic mass is 10.1. The quantitative estimate of drug-likeness (QED) is 0.633. The molecular formula is C17H23N5OS. The van der Waals surface area contributed by atoms with Crippen molar-refractivity contribution in [2.24, 2.45) is 0 Å². The van der Waals surface area contributed by atoms with Gasteiger partial charge < -0.3 is 9.84 Å². The zero-order valence-corrected chi connectivity index (χ0v) is 15.1. The zero-order valence-electron chi connectivity index (χ0n) is 14.3. The van der Waals surface area contributed by atoms with E-state index < -0.39 is 0 Å². The first-order chi connectivity index (χ1) is 11.6. The van der Waals surface area contributed by atoms with Gasteiger partial charge in [-0.15, -0.1) is 11.3 Å². The predicted molar refractivity (Wildman–Crippen MR) is 95.1 cm³/mol. The number of aromatic nitrogens is 4. The second kappa shape index (κ2) is 7.72. The zero-order chi connectivity index (χ0) is 16.9. The molecule has 0 spiro atoms. The van der Waals surface area contributed by atoms with Crippen molar-refractivity contribution < 1.29 is 4.52 Å². The summed E-state index contributed by atoms with van der Waals surface area (Å²) in [5.74, 6) is 1.38. The lowest BCUT2D eigenvalue weighted by Gasteiger charge is -2.21. The van der Waals surface area contributed by atoms with E-state index >= 15 is 0 Å². The summed E-state index contributed by atoms with van der Waals surface area (Å²) in [4.78, 5) is 5.49. The van der Waals surface area contributed by atoms with Crippen LogP contribution in [0.4, 0.5) is 0 Å². The van der Waals surface area contributed by atoms with E-state index in [0.29, 0.717) is 23.8 Å². The van der Waals surface area contributed by atoms with Crippen molar-refractivity contribution in [1.82, 2.24) is 25.2 Å². The third-order valence-electron chi connectivity index (χ3n) is 4.11. The Kier molecular flexibility index (Phi) is 5.42. The molecule has 0 aliphatic rings. The normalized spacial score (nSPS) is 14.0. The Balaban J connectivity index is 1.42. The fourth-order valence-electron chi connectivity index (χ4n) is 2.49. The molecule has 3 aromatic rings. The summed E-state index contributed by atoms with van der Waals surface area (Å²) in [5.41, 5.74) is 1.19. The van der Waals surface area contributed by atoms with Crippen LogP contribution in [-0.4, -0.2) is 32.5 Å². The molecule has 7 heteroatoms. The van der Waals surface area contributed by atoms with Gasteiger partial charge in [0.2, 0.25) is 11.7 Å². The lowest BCUT2D eigenvalue weighted by molar-refractivity contribution is 0.353. The first-order valence-corrected chi connectivity index (χ1v) is 9.12. The van der Waals surface area contributed by atoms with E-state index in [1.165, 1.54) is 5.56 Å². The van der Waals surface area contributed by atoms with Crippen LogP contribution in [0.5, 0.6) is 0 Å². The molecule has 0 saturated carbocycles. The Bertz CT molecular complexity index is 749. The number of hydrogen-bond donors (Lipinski definition) is 1. The van der Waals surface area contributed by atoms with Crippen LogP contribution in [-0.2, 0) is 6.42 Å². The standard InChI is InChI=1S/C17H23N5OS/c1-12-10-19-22(11-12)14(3)13(2)18-8-4-7-16-20-17(21-23-16)15-6-5-9-24-15/h5-6,9-11,13-14,18H,4,7-8H2,1-3H3/t13-,14-/m0/s1. The van der Waals surface area contributed by atoms with E-state index in [2.05, 4.69) is 47.5 Å². The third kappa shape index (κ3) is 4.10. The smallest absolute Gasteiger partial charge is 0.227 e. The SMILES string of the molecule is Cc1cnn([C@@H](C)[C@H](C)NCCCc2nc(-c3cccs3)no2)c1. The molecular weight excluding hydrogens is 322 g/mol. The molecule has 0 saturated heterocycles. The van der Waals surface area contributed by atoms with Crippen molar-refractivity contribution in [2.45, 2.75) is 45.7 Å². The number of aryl methyl sites for hydroxylation is 2. The highest BCUT2D eigenvalue weighted by molar-refractivity contribution is 7.13. The van der Waals surface area contributed by atoms with E-state index in [-0.39, 0.29) is 0 Å². The summed E-state index contributed by atoms with van der Waals surface area (Å²) >= 11 is 1.62. The van der Waals surface area contributed by atoms with Gasteiger partial charge in [-0.2, -0.15) is 10.1 Å². The van der Waals surface area contributed by atoms with Crippen LogP contribution in [0, 0.1) is 6.92 Å². The largest absolute Gasteiger partial charge is 0.339 e. The molecule has 0 unspecified atom stereocenters. The van der Waals surface area contributed by atoms with Gasteiger partial charge in [0.15, 0.2) is 0 Å². The van der Waals surface area contributed by atoms with Crippen molar-refractivity contribution in [1.29, 1.82) is 0 Å². The van der Waals surface area contributed by atoms with Crippen molar-refractivity contribution >= 4 is 11.3 Å². The average Bonchev–Trinajstić information content (AvgIpc) is 3.31. The van der Waals surface area contributed by atoms with Crippen molar-refractivity contribution in [3.05, 3.63) is 41.4 Å². The first kappa shape index (κ1) is 16.9. The highest BCUT2D eigenvalue weighted by Crippen LogP contribution is 2.21. The lowest BCUT2D eigenvalue weighted by Crippen LogP contribution is -2.34. The third-order valence-corrected chi connectivity index (χ3v) is 4.98. The molecule has 2 atom stereocenters. The molecule has 0 bridgehead atoms. The summed E-state index contributed by atoms with van der Waals surface area (Å²) in [6.07, 6.45) is 5.71. The minimum Gasteiger partial charge on any atom is -0.339 e. The molecule has 0 amide bonds. The second-order valence-electron chi connectivity index (χ2n) is 6.07. The van der Waals surface area contributed by atoms with Crippen molar-refractivity contribution in [3.63, 3.8) is 0 Å². The first-order valence-electron chi connectivity index (χ1n) is 8.24. The van der Waals surface area contributed by atoms with Gasteiger partial charge in [0, 0.05) is 18.7 Å². The van der Waals surface area contributed by atoms with Crippen LogP contribution < -0.4 is 5.32 Å². The van der Waals surface area contributed by atoms with Crippen LogP contribution >= 0.6 is 11.3 Å². The van der Waals surface area contributed by atoms with E-state index in [9.17, 15) is 0 Å². The maximum absolute atomic E-state index is 5.32. The molecule has 3 aromatic heterocycles. The summed E-state index contributed by atoms with van der Waals surface area (Å²) < 4.78 is 7.33. The van der Waals surface area contributed by atoms with Crippen molar-refractivity contribution in [2.75, 3.05) is 6.54 Å². The van der Waals surface area contributed by atoms with Gasteiger partial charge in [-0.25, -0.2) is 0 Å². The minimum atomic E-state index is 0.313. The molecule has 3 heterocycles. The van der Waals surface area contributed by atoms with E-state index in [1.807, 2.05) is 28.4 Å². The molecule has 0 radical (unpaired) electrons. The summed E-state index contributed by atoms with van der Waals surface area (Å²) in [5, 5.41) is 14.0. The molecule has 0 aliphatic carbocycles. The predicted octanol–water partition coefficient (Wildman–Crippen LogP) is 3.47. The minimum absolute atomic E-state index is 0.313. The molecule has 128 valence electrons. The summed E-state index contributed by atoms with van der Waals surface area (Å²) in [6.45, 7) is 7.32. The van der Waals surface area contributed by atoms with E-state index in [4.69, 9.17) is 4.52 Å². The van der Waals surface area contributed by atoms with Gasteiger partial charge in [-0.1, -0.05) is 11.2 Å². The highest BCUT2D eigenvalue weighted by atomic mass is 32.1. The van der Waals surface area contributed by atoms with Crippen LogP contribution in [0.25, 0.3) is 10.7 Å². The number of nitrogens with one attached hydrogen (secondary N) is 1. The van der Waals surface area contributed by atoms with Crippen LogP contribution in [0.2, 0.25) is 0 Å². The van der Waals surface area contributed by atoms with Gasteiger partial charge >= 0.3 is 0 Å². The number of rotatable bonds is 8. The van der Waals surface area contributed by atoms with Gasteiger partial charge in [0.25, 0.3) is 0 Å². The topological polar surface area (TPSA) is 68.8 Å². The van der Waals surface area contributed by atoms with Crippen LogP contribution in [0.1, 0.15) is 37.8 Å². The van der Waals surface area contributed by atoms with Crippen LogP contribution in [0.15, 0.2) is 34.4 Å². The Morgan fingerprint density at radius 3 is 2.96 bits per heavy atom. The maximum Gasteiger partial charge on any atom is 0.227 e. The van der Waals surface area contributed by atoms with Crippen molar-refractivity contribution in [3.8, 4) is 10.7 Å². The molecule has 0 aromatic carbocycles. The molecule has 3 rings (SSSR count). The Labute approximate surface area is 145 Å². The molecule has 6 nitrogen and oxygen atoms in total. The molecule has 0 aliphatic heterocycles. The Morgan fingerprint density at radius 2 is 2.25 bits per heavy atom. The Hall–Kier alpha value is -1.99. The monoisotopic (exact) mass is 345 g/mol. The highest BCUT2D eigenvalue weighted by Gasteiger charge is 2.14. The fraction of sp³-hybridized carbons (Fsp3) is 0.471. The number of thiophene rings is 1. The number of nitrogens with zero attached hydrogens (tertiary/aromatic N) is 4. The Morgan fingerprint density at radius 1 is 1.38 bits per heavy atom. The van der Waals surface area contributed by atoms with Gasteiger partial charge in [-0.05, 0) is 50.7 Å². The van der Waals surface area contributed by atoms with Gasteiger partial charge in [-0.3, -0.25) is 4.68 Å². The molecule has 1 N–H and O–H groups in total. The molecule has 24 heavy (non-hydrogen) atoms. The summed E-state index contributed by atoms with van der Waals surface area (Å²) in [6, 6.07) is 4.64.